The van der Waals surface area contributed by atoms with Crippen LogP contribution in [0.25, 0.3) is 10.9 Å². The van der Waals surface area contributed by atoms with E-state index in [0.29, 0.717) is 16.8 Å². The van der Waals surface area contributed by atoms with Crippen molar-refractivity contribution in [1.29, 1.82) is 0 Å². The minimum absolute atomic E-state index is 0.00173. The van der Waals surface area contributed by atoms with Gasteiger partial charge in [-0.25, -0.2) is 0 Å². The second-order valence-corrected chi connectivity index (χ2v) is 5.96. The van der Waals surface area contributed by atoms with E-state index < -0.39 is 0 Å². The molecule has 2 aromatic carbocycles. The van der Waals surface area contributed by atoms with Gasteiger partial charge in [0.05, 0.1) is 24.4 Å². The summed E-state index contributed by atoms with van der Waals surface area (Å²) in [6.45, 7) is 0.0975. The summed E-state index contributed by atoms with van der Waals surface area (Å²) in [4.78, 5) is 7.32. The van der Waals surface area contributed by atoms with Gasteiger partial charge in [-0.05, 0) is 30.3 Å². The topological polar surface area (TPSA) is 88.8 Å². The van der Waals surface area contributed by atoms with E-state index in [1.54, 1.807) is 24.3 Å². The molecule has 0 amide bonds. The average Bonchev–Trinajstić information content (AvgIpc) is 2.84. The molecular formula is C17H15BrN2O3. The van der Waals surface area contributed by atoms with Crippen molar-refractivity contribution in [3.8, 4) is 11.6 Å². The molecule has 0 fully saturated rings. The summed E-state index contributed by atoms with van der Waals surface area (Å²) in [5, 5.41) is 30.0. The lowest BCUT2D eigenvalue weighted by Gasteiger charge is -2.08. The number of hydrogen-bond donors (Lipinski definition) is 4. The molecule has 0 unspecified atom stereocenters. The Kier molecular flexibility index (Phi) is 4.36. The lowest BCUT2D eigenvalue weighted by atomic mass is 10.0. The van der Waals surface area contributed by atoms with Crippen molar-refractivity contribution >= 4 is 32.5 Å². The molecule has 1 heterocycles. The fourth-order valence-corrected chi connectivity index (χ4v) is 2.88. The van der Waals surface area contributed by atoms with Crippen LogP contribution < -0.4 is 0 Å². The minimum Gasteiger partial charge on any atom is -0.508 e. The first-order chi connectivity index (χ1) is 11.1. The normalized spacial score (nSPS) is 12.0. The molecular weight excluding hydrogens is 360 g/mol. The number of fused-ring (bicyclic) bond motifs is 1. The van der Waals surface area contributed by atoms with Crippen LogP contribution in [0.2, 0.25) is 0 Å². The van der Waals surface area contributed by atoms with Gasteiger partial charge in [0.2, 0.25) is 0 Å². The van der Waals surface area contributed by atoms with E-state index in [1.165, 1.54) is 0 Å². The van der Waals surface area contributed by atoms with Gasteiger partial charge >= 0.3 is 0 Å². The Hall–Kier alpha value is -2.31. The van der Waals surface area contributed by atoms with Gasteiger partial charge in [-0.2, -0.15) is 0 Å². The summed E-state index contributed by atoms with van der Waals surface area (Å²) in [5.74, 6) is 0.109. The number of rotatable bonds is 4. The number of nitrogens with one attached hydrogen (secondary N) is 1. The Balaban J connectivity index is 2.25. The Morgan fingerprint density at radius 2 is 1.96 bits per heavy atom. The van der Waals surface area contributed by atoms with E-state index in [1.807, 2.05) is 18.2 Å². The van der Waals surface area contributed by atoms with E-state index in [4.69, 9.17) is 5.11 Å². The van der Waals surface area contributed by atoms with Crippen LogP contribution >= 0.6 is 15.9 Å². The van der Waals surface area contributed by atoms with Crippen molar-refractivity contribution in [1.82, 2.24) is 4.98 Å². The molecule has 0 atom stereocenters. The molecule has 0 aliphatic carbocycles. The molecule has 3 rings (SSSR count). The molecule has 118 valence electrons. The number of aromatic hydroxyl groups is 2. The van der Waals surface area contributed by atoms with Crippen molar-refractivity contribution in [2.24, 2.45) is 4.99 Å². The first-order valence-electron chi connectivity index (χ1n) is 7.05. The van der Waals surface area contributed by atoms with Crippen molar-refractivity contribution in [3.05, 3.63) is 58.1 Å². The fraction of sp³-hybridized carbons (Fsp3) is 0.118. The summed E-state index contributed by atoms with van der Waals surface area (Å²) in [6, 6.07) is 12.3. The average molecular weight is 375 g/mol. The number of H-pyrrole nitrogens is 1. The number of benzene rings is 2. The van der Waals surface area contributed by atoms with E-state index in [2.05, 4.69) is 25.9 Å². The molecule has 0 bridgehead atoms. The number of aliphatic hydroxyl groups is 1. The standard InChI is InChI=1S/C17H15BrN2O3/c18-11-4-5-14-13(9-11)15(17(23)20-14)16(19-6-7-21)10-2-1-3-12(22)8-10/h1-5,8-9,20-23H,6-7H2. The number of nitrogens with zero attached hydrogens (tertiary/aromatic N) is 1. The monoisotopic (exact) mass is 374 g/mol. The highest BCUT2D eigenvalue weighted by molar-refractivity contribution is 9.10. The Bertz CT molecular complexity index is 887. The maximum atomic E-state index is 10.3. The van der Waals surface area contributed by atoms with Gasteiger partial charge in [-0.15, -0.1) is 0 Å². The molecule has 0 spiro atoms. The fourth-order valence-electron chi connectivity index (χ4n) is 2.52. The number of aliphatic hydroxyl groups excluding tert-OH is 1. The van der Waals surface area contributed by atoms with Gasteiger partial charge in [0.25, 0.3) is 0 Å². The first-order valence-corrected chi connectivity index (χ1v) is 7.84. The summed E-state index contributed by atoms with van der Waals surface area (Å²) < 4.78 is 0.877. The predicted octanol–water partition coefficient (Wildman–Crippen LogP) is 3.17. The SMILES string of the molecule is OCCN=C(c1cccc(O)c1)c1c(O)[nH]c2ccc(Br)cc12. The zero-order valence-electron chi connectivity index (χ0n) is 12.1. The molecule has 1 aromatic heterocycles. The zero-order valence-corrected chi connectivity index (χ0v) is 13.7. The third kappa shape index (κ3) is 3.09. The van der Waals surface area contributed by atoms with Crippen LogP contribution in [-0.4, -0.2) is 39.2 Å². The van der Waals surface area contributed by atoms with Crippen molar-refractivity contribution in [3.63, 3.8) is 0 Å². The molecule has 3 aromatic rings. The van der Waals surface area contributed by atoms with Gasteiger partial charge in [0, 0.05) is 20.9 Å². The highest BCUT2D eigenvalue weighted by atomic mass is 79.9. The summed E-state index contributed by atoms with van der Waals surface area (Å²) in [5.41, 5.74) is 2.49. The summed E-state index contributed by atoms with van der Waals surface area (Å²) >= 11 is 3.43. The van der Waals surface area contributed by atoms with E-state index >= 15 is 0 Å². The predicted molar refractivity (Wildman–Crippen MR) is 93.4 cm³/mol. The Labute approximate surface area is 141 Å². The van der Waals surface area contributed by atoms with Crippen LogP contribution in [0.5, 0.6) is 11.6 Å². The molecule has 6 heteroatoms. The summed E-state index contributed by atoms with van der Waals surface area (Å²) in [7, 11) is 0. The first kappa shape index (κ1) is 15.6. The second-order valence-electron chi connectivity index (χ2n) is 5.04. The van der Waals surface area contributed by atoms with Gasteiger partial charge < -0.3 is 20.3 Å². The van der Waals surface area contributed by atoms with Gasteiger partial charge in [0.1, 0.15) is 5.75 Å². The summed E-state index contributed by atoms with van der Waals surface area (Å²) in [6.07, 6.45) is 0. The van der Waals surface area contributed by atoms with Gasteiger partial charge in [0.15, 0.2) is 5.88 Å². The zero-order chi connectivity index (χ0) is 16.4. The molecule has 0 saturated carbocycles. The highest BCUT2D eigenvalue weighted by Crippen LogP contribution is 2.32. The number of halogens is 1. The Morgan fingerprint density at radius 1 is 1.13 bits per heavy atom. The molecule has 0 saturated heterocycles. The number of phenolic OH excluding ortho intramolecular Hbond substituents is 1. The number of phenols is 1. The second kappa shape index (κ2) is 6.44. The maximum Gasteiger partial charge on any atom is 0.199 e. The lowest BCUT2D eigenvalue weighted by Crippen LogP contribution is -2.05. The minimum atomic E-state index is -0.102. The van der Waals surface area contributed by atoms with Gasteiger partial charge in [-0.1, -0.05) is 28.1 Å². The van der Waals surface area contributed by atoms with E-state index in [0.717, 1.165) is 15.4 Å². The molecule has 4 N–H and O–H groups in total. The van der Waals surface area contributed by atoms with E-state index in [-0.39, 0.29) is 24.8 Å². The van der Waals surface area contributed by atoms with Crippen LogP contribution in [0, 0.1) is 0 Å². The number of aromatic amines is 1. The highest BCUT2D eigenvalue weighted by Gasteiger charge is 2.18. The molecule has 0 aliphatic rings. The lowest BCUT2D eigenvalue weighted by molar-refractivity contribution is 0.307. The van der Waals surface area contributed by atoms with Crippen molar-refractivity contribution < 1.29 is 15.3 Å². The van der Waals surface area contributed by atoms with Crippen LogP contribution in [0.4, 0.5) is 0 Å². The Morgan fingerprint density at radius 3 is 2.70 bits per heavy atom. The third-order valence-electron chi connectivity index (χ3n) is 3.47. The van der Waals surface area contributed by atoms with Crippen molar-refractivity contribution in [2.75, 3.05) is 13.2 Å². The van der Waals surface area contributed by atoms with Crippen LogP contribution in [0.15, 0.2) is 51.9 Å². The maximum absolute atomic E-state index is 10.3. The smallest absolute Gasteiger partial charge is 0.199 e. The molecule has 5 nitrogen and oxygen atoms in total. The molecule has 0 aliphatic heterocycles. The van der Waals surface area contributed by atoms with Crippen molar-refractivity contribution in [2.45, 2.75) is 0 Å². The number of aliphatic imine (C=N–C) groups is 1. The molecule has 23 heavy (non-hydrogen) atoms. The van der Waals surface area contributed by atoms with Crippen LogP contribution in [-0.2, 0) is 0 Å². The molecule has 0 radical (unpaired) electrons. The third-order valence-corrected chi connectivity index (χ3v) is 3.96. The van der Waals surface area contributed by atoms with Crippen LogP contribution in [0.1, 0.15) is 11.1 Å². The van der Waals surface area contributed by atoms with Crippen LogP contribution in [0.3, 0.4) is 0 Å². The quantitative estimate of drug-likeness (QED) is 0.528. The largest absolute Gasteiger partial charge is 0.508 e. The van der Waals surface area contributed by atoms with Gasteiger partial charge in [-0.3, -0.25) is 4.99 Å². The number of aromatic nitrogens is 1. The number of hydrogen-bond acceptors (Lipinski definition) is 4. The van der Waals surface area contributed by atoms with E-state index in [9.17, 15) is 10.2 Å².